The minimum atomic E-state index is -2.73. The maximum Gasteiger partial charge on any atom is 0.343 e. The van der Waals surface area contributed by atoms with Gasteiger partial charge in [-0.15, -0.1) is 0 Å². The van der Waals surface area contributed by atoms with Crippen LogP contribution in [0.25, 0.3) is 0 Å². The molecule has 2 N–H and O–H groups in total. The Labute approximate surface area is 283 Å². The van der Waals surface area contributed by atoms with Crippen molar-refractivity contribution in [1.29, 1.82) is 0 Å². The molecule has 2 saturated carbocycles. The van der Waals surface area contributed by atoms with Crippen molar-refractivity contribution < 1.29 is 67.4 Å². The zero-order chi connectivity index (χ0) is 36.5. The molecule has 0 amide bonds. The van der Waals surface area contributed by atoms with E-state index in [0.29, 0.717) is 0 Å². The van der Waals surface area contributed by atoms with Gasteiger partial charge in [0.2, 0.25) is 0 Å². The summed E-state index contributed by atoms with van der Waals surface area (Å²) in [5, 5.41) is 26.1. The van der Waals surface area contributed by atoms with Crippen LogP contribution in [-0.2, 0) is 52.4 Å². The Morgan fingerprint density at radius 1 is 0.837 bits per heavy atom. The Kier molecular flexibility index (Phi) is 8.77. The van der Waals surface area contributed by atoms with Crippen LogP contribution in [0.4, 0.5) is 0 Å². The second-order valence-corrected chi connectivity index (χ2v) is 14.1. The fourth-order valence-corrected chi connectivity index (χ4v) is 9.06. The van der Waals surface area contributed by atoms with Crippen LogP contribution in [0, 0.1) is 16.7 Å². The van der Waals surface area contributed by atoms with E-state index in [1.807, 2.05) is 0 Å². The summed E-state index contributed by atoms with van der Waals surface area (Å²) in [5.41, 5.74) is -10.3. The van der Waals surface area contributed by atoms with E-state index in [2.05, 4.69) is 0 Å². The molecule has 1 aromatic carbocycles. The molecule has 14 nitrogen and oxygen atoms in total. The normalized spacial score (nSPS) is 37.1. The van der Waals surface area contributed by atoms with Gasteiger partial charge >= 0.3 is 35.8 Å². The monoisotopic (exact) mass is 686 g/mol. The second-order valence-electron chi connectivity index (χ2n) is 14.1. The smallest absolute Gasteiger partial charge is 0.343 e. The molecule has 49 heavy (non-hydrogen) atoms. The molecule has 5 rings (SSSR count). The van der Waals surface area contributed by atoms with Crippen LogP contribution in [0.3, 0.4) is 0 Å². The van der Waals surface area contributed by atoms with E-state index in [4.69, 9.17) is 28.4 Å². The third kappa shape index (κ3) is 5.13. The van der Waals surface area contributed by atoms with Crippen molar-refractivity contribution >= 4 is 35.8 Å². The summed E-state index contributed by atoms with van der Waals surface area (Å²) in [6, 6.07) is 7.90. The number of benzene rings is 1. The molecule has 1 aromatic rings. The lowest BCUT2D eigenvalue weighted by Crippen LogP contribution is -2.85. The molecule has 4 aliphatic rings. The van der Waals surface area contributed by atoms with E-state index in [1.165, 1.54) is 26.0 Å². The van der Waals surface area contributed by atoms with Gasteiger partial charge in [-0.1, -0.05) is 25.1 Å². The Bertz CT molecular complexity index is 1630. The molecule has 266 valence electrons. The number of carbonyl (C=O) groups is 6. The van der Waals surface area contributed by atoms with Crippen LogP contribution in [0.1, 0.15) is 78.6 Å². The van der Waals surface area contributed by atoms with Crippen molar-refractivity contribution in [2.24, 2.45) is 16.7 Å². The Balaban J connectivity index is 1.92. The van der Waals surface area contributed by atoms with Crippen molar-refractivity contribution in [2.75, 3.05) is 6.61 Å². The number of rotatable bonds is 7. The summed E-state index contributed by atoms with van der Waals surface area (Å²) in [7, 11) is 0. The number of hydrogen-bond acceptors (Lipinski definition) is 14. The molecule has 14 heteroatoms. The van der Waals surface area contributed by atoms with Crippen LogP contribution in [-0.4, -0.2) is 93.9 Å². The largest absolute Gasteiger partial charge is 0.463 e. The van der Waals surface area contributed by atoms with Crippen molar-refractivity contribution in [1.82, 2.24) is 0 Å². The van der Waals surface area contributed by atoms with Crippen molar-refractivity contribution in [3.8, 4) is 0 Å². The fraction of sp³-hybridized carbons (Fsp3) is 0.600. The van der Waals surface area contributed by atoms with E-state index < -0.39 is 107 Å². The number of ether oxygens (including phenoxy) is 6. The summed E-state index contributed by atoms with van der Waals surface area (Å²) in [5.74, 6) is -6.90. The second kappa shape index (κ2) is 11.9. The van der Waals surface area contributed by atoms with Gasteiger partial charge in [-0.3, -0.25) is 19.2 Å². The molecule has 1 saturated heterocycles. The highest BCUT2D eigenvalue weighted by Crippen LogP contribution is 2.74. The first kappa shape index (κ1) is 36.0. The number of cyclic esters (lactones) is 1. The van der Waals surface area contributed by atoms with Crippen molar-refractivity contribution in [3.05, 3.63) is 47.0 Å². The molecule has 0 radical (unpaired) electrons. The van der Waals surface area contributed by atoms with E-state index in [-0.39, 0.29) is 23.1 Å². The van der Waals surface area contributed by atoms with Gasteiger partial charge in [0, 0.05) is 46.5 Å². The lowest BCUT2D eigenvalue weighted by molar-refractivity contribution is -0.342. The first-order valence-electron chi connectivity index (χ1n) is 16.0. The molecular weight excluding hydrogens is 644 g/mol. The first-order chi connectivity index (χ1) is 22.7. The van der Waals surface area contributed by atoms with Gasteiger partial charge in [0.1, 0.15) is 42.2 Å². The van der Waals surface area contributed by atoms with Crippen LogP contribution in [0.15, 0.2) is 41.5 Å². The predicted octanol–water partition coefficient (Wildman–Crippen LogP) is 2.11. The summed E-state index contributed by atoms with van der Waals surface area (Å²) in [6.45, 7) is 9.65. The van der Waals surface area contributed by atoms with Gasteiger partial charge in [0.15, 0.2) is 5.60 Å². The van der Waals surface area contributed by atoms with Gasteiger partial charge in [0.25, 0.3) is 0 Å². The first-order valence-corrected chi connectivity index (χ1v) is 16.0. The molecule has 0 spiro atoms. The van der Waals surface area contributed by atoms with Gasteiger partial charge in [-0.05, 0) is 44.1 Å². The molecule has 1 heterocycles. The van der Waals surface area contributed by atoms with E-state index in [0.717, 1.165) is 20.8 Å². The van der Waals surface area contributed by atoms with E-state index in [1.54, 1.807) is 39.0 Å². The Morgan fingerprint density at radius 3 is 1.96 bits per heavy atom. The van der Waals surface area contributed by atoms with Gasteiger partial charge in [-0.2, -0.15) is 0 Å². The molecular formula is C35H42O14. The lowest BCUT2D eigenvalue weighted by atomic mass is 9.37. The Hall–Kier alpha value is -4.30. The van der Waals surface area contributed by atoms with Crippen LogP contribution < -0.4 is 0 Å². The number of hydrogen-bond donors (Lipinski definition) is 2. The van der Waals surface area contributed by atoms with Crippen molar-refractivity contribution in [3.63, 3.8) is 0 Å². The minimum Gasteiger partial charge on any atom is -0.463 e. The van der Waals surface area contributed by atoms with Crippen LogP contribution >= 0.6 is 0 Å². The Morgan fingerprint density at radius 2 is 1.41 bits per heavy atom. The van der Waals surface area contributed by atoms with Gasteiger partial charge in [0.05, 0.1) is 16.4 Å². The number of fused-ring (bicyclic) bond motifs is 2. The molecule has 9 atom stereocenters. The quantitative estimate of drug-likeness (QED) is 0.240. The molecule has 1 aliphatic heterocycles. The zero-order valence-corrected chi connectivity index (χ0v) is 28.7. The summed E-state index contributed by atoms with van der Waals surface area (Å²) in [6.07, 6.45) is -6.41. The fourth-order valence-electron chi connectivity index (χ4n) is 9.06. The zero-order valence-electron chi connectivity index (χ0n) is 28.7. The maximum absolute atomic E-state index is 14.4. The topological polar surface area (TPSA) is 198 Å². The molecule has 3 fully saturated rings. The van der Waals surface area contributed by atoms with E-state index >= 15 is 0 Å². The van der Waals surface area contributed by atoms with Gasteiger partial charge < -0.3 is 38.6 Å². The highest BCUT2D eigenvalue weighted by Gasteiger charge is 2.87. The molecule has 0 unspecified atom stereocenters. The highest BCUT2D eigenvalue weighted by molar-refractivity contribution is 5.92. The van der Waals surface area contributed by atoms with Crippen molar-refractivity contribution in [2.45, 2.75) is 109 Å². The third-order valence-electron chi connectivity index (χ3n) is 11.0. The average molecular weight is 687 g/mol. The number of esters is 6. The predicted molar refractivity (Wildman–Crippen MR) is 165 cm³/mol. The van der Waals surface area contributed by atoms with Crippen LogP contribution in [0.5, 0.6) is 0 Å². The maximum atomic E-state index is 14.4. The number of carbonyl (C=O) groups excluding carboxylic acids is 6. The third-order valence-corrected chi connectivity index (χ3v) is 11.0. The highest BCUT2D eigenvalue weighted by atomic mass is 16.6. The van der Waals surface area contributed by atoms with Crippen LogP contribution in [0.2, 0.25) is 0 Å². The molecule has 3 aliphatic carbocycles. The summed E-state index contributed by atoms with van der Waals surface area (Å²) < 4.78 is 35.0. The van der Waals surface area contributed by atoms with E-state index in [9.17, 15) is 39.0 Å². The summed E-state index contributed by atoms with van der Waals surface area (Å²) >= 11 is 0. The standard InChI is InChI=1S/C35H42O14/c1-17-23(45-19(3)37)15-33-26(17)35(43,30(41)49-31(33,6)7)32(8)24(46-20(4)38)14-25(47-21(5)39)34(42,16-44-18(2)36)27(32)28(33)48-29(40)22-12-10-9-11-13-22/h9-13,23-25,27-28,42-43H,14-16H2,1-8H3/t23-,24-,25-,27-,28-,32+,33-,34-,35+/m0/s1. The summed E-state index contributed by atoms with van der Waals surface area (Å²) in [4.78, 5) is 78.4. The average Bonchev–Trinajstić information content (AvgIpc) is 3.30. The number of aliphatic hydroxyl groups is 2. The SMILES string of the molecule is CC(=O)OC[C@]1(O)[C@@H](OC(C)=O)C[C@H](OC(C)=O)[C@]2(C)[C@@H]1[C@H](OC(=O)c1ccccc1)[C@]13C[C@H](OC(C)=O)C(C)=C1[C@@]2(O)C(=O)OC3(C)C. The van der Waals surface area contributed by atoms with Gasteiger partial charge in [-0.25, -0.2) is 9.59 Å². The molecule has 0 aromatic heterocycles. The molecule has 2 bridgehead atoms. The minimum absolute atomic E-state index is 0.0232. The lowest BCUT2D eigenvalue weighted by Gasteiger charge is -2.71.